The first-order valence-electron chi connectivity index (χ1n) is 4.56. The number of thiazole rings is 1. The van der Waals surface area contributed by atoms with Crippen molar-refractivity contribution >= 4 is 22.4 Å². The van der Waals surface area contributed by atoms with Gasteiger partial charge in [0.25, 0.3) is 0 Å². The Morgan fingerprint density at radius 2 is 1.93 bits per heavy atom. The normalized spacial score (nSPS) is 11.5. The Morgan fingerprint density at radius 1 is 1.36 bits per heavy atom. The van der Waals surface area contributed by atoms with Gasteiger partial charge in [0.2, 0.25) is 5.91 Å². The fourth-order valence-corrected chi connectivity index (χ4v) is 1.62. The van der Waals surface area contributed by atoms with E-state index >= 15 is 0 Å². The van der Waals surface area contributed by atoms with E-state index in [1.54, 1.807) is 0 Å². The highest BCUT2D eigenvalue weighted by Gasteiger charge is 2.22. The average molecular weight is 212 g/mol. The second-order valence-corrected chi connectivity index (χ2v) is 5.57. The van der Waals surface area contributed by atoms with Gasteiger partial charge in [0.1, 0.15) is 0 Å². The summed E-state index contributed by atoms with van der Waals surface area (Å²) >= 11 is 1.52. The quantitative estimate of drug-likeness (QED) is 0.777. The molecule has 1 aromatic heterocycles. The van der Waals surface area contributed by atoms with Gasteiger partial charge >= 0.3 is 0 Å². The van der Waals surface area contributed by atoms with Crippen LogP contribution in [-0.4, -0.2) is 10.9 Å². The summed E-state index contributed by atoms with van der Waals surface area (Å²) in [6.45, 7) is 9.60. The van der Waals surface area contributed by atoms with Crippen LogP contribution < -0.4 is 5.32 Å². The molecule has 0 aliphatic rings. The molecular weight excluding hydrogens is 196 g/mol. The fraction of sp³-hybridized carbons (Fsp3) is 0.600. The van der Waals surface area contributed by atoms with Crippen LogP contribution in [-0.2, 0) is 4.79 Å². The van der Waals surface area contributed by atoms with E-state index in [9.17, 15) is 4.79 Å². The van der Waals surface area contributed by atoms with Crippen LogP contribution in [0.5, 0.6) is 0 Å². The van der Waals surface area contributed by atoms with Crippen LogP contribution in [0.1, 0.15) is 31.3 Å². The van der Waals surface area contributed by atoms with Crippen LogP contribution in [0.3, 0.4) is 0 Å². The molecule has 1 heterocycles. The van der Waals surface area contributed by atoms with Crippen molar-refractivity contribution < 1.29 is 4.79 Å². The molecule has 0 aromatic carbocycles. The molecule has 0 unspecified atom stereocenters. The molecule has 78 valence electrons. The van der Waals surface area contributed by atoms with Crippen LogP contribution in [0.4, 0.5) is 5.13 Å². The number of aromatic nitrogens is 1. The average Bonchev–Trinajstić information content (AvgIpc) is 2.29. The SMILES string of the molecule is Cc1nc(NC(=O)C(C)(C)C)sc1C. The predicted octanol–water partition coefficient (Wildman–Crippen LogP) is 2.74. The second-order valence-electron chi connectivity index (χ2n) is 4.36. The molecule has 0 fully saturated rings. The zero-order valence-corrected chi connectivity index (χ0v) is 10.1. The Labute approximate surface area is 88.6 Å². The Balaban J connectivity index is 2.75. The van der Waals surface area contributed by atoms with Gasteiger partial charge in [-0.05, 0) is 13.8 Å². The van der Waals surface area contributed by atoms with Crippen LogP contribution in [0.15, 0.2) is 0 Å². The molecule has 1 amide bonds. The molecule has 0 aliphatic carbocycles. The van der Waals surface area contributed by atoms with Gasteiger partial charge in [-0.2, -0.15) is 0 Å². The molecule has 0 atom stereocenters. The lowest BCUT2D eigenvalue weighted by atomic mass is 9.96. The number of aryl methyl sites for hydroxylation is 2. The predicted molar refractivity (Wildman–Crippen MR) is 59.7 cm³/mol. The third kappa shape index (κ3) is 2.54. The minimum absolute atomic E-state index is 0.00579. The Bertz CT molecular complexity index is 330. The lowest BCUT2D eigenvalue weighted by Crippen LogP contribution is -2.27. The number of carbonyl (C=O) groups excluding carboxylic acids is 1. The summed E-state index contributed by atoms with van der Waals surface area (Å²) in [7, 11) is 0. The first kappa shape index (κ1) is 11.2. The van der Waals surface area contributed by atoms with Gasteiger partial charge in [0.15, 0.2) is 5.13 Å². The number of hydrogen-bond acceptors (Lipinski definition) is 3. The molecular formula is C10H16N2OS. The van der Waals surface area contributed by atoms with E-state index in [-0.39, 0.29) is 11.3 Å². The van der Waals surface area contributed by atoms with Crippen LogP contribution in [0.2, 0.25) is 0 Å². The first-order chi connectivity index (χ1) is 6.30. The molecule has 0 radical (unpaired) electrons. The van der Waals surface area contributed by atoms with Gasteiger partial charge < -0.3 is 5.32 Å². The Kier molecular flexibility index (Phi) is 2.95. The highest BCUT2D eigenvalue weighted by atomic mass is 32.1. The third-order valence-corrected chi connectivity index (χ3v) is 2.92. The van der Waals surface area contributed by atoms with Gasteiger partial charge in [-0.15, -0.1) is 11.3 Å². The number of nitrogens with zero attached hydrogens (tertiary/aromatic N) is 1. The summed E-state index contributed by atoms with van der Waals surface area (Å²) in [5, 5.41) is 3.51. The maximum absolute atomic E-state index is 11.6. The van der Waals surface area contributed by atoms with Crippen molar-refractivity contribution in [2.24, 2.45) is 5.41 Å². The van der Waals surface area contributed by atoms with Crippen molar-refractivity contribution in [3.05, 3.63) is 10.6 Å². The van der Waals surface area contributed by atoms with Crippen LogP contribution >= 0.6 is 11.3 Å². The molecule has 14 heavy (non-hydrogen) atoms. The Morgan fingerprint density at radius 3 is 2.29 bits per heavy atom. The Hall–Kier alpha value is -0.900. The fourth-order valence-electron chi connectivity index (χ4n) is 0.811. The van der Waals surface area contributed by atoms with E-state index in [1.807, 2.05) is 34.6 Å². The van der Waals surface area contributed by atoms with Crippen molar-refractivity contribution in [1.82, 2.24) is 4.98 Å². The second kappa shape index (κ2) is 3.69. The molecule has 3 nitrogen and oxygen atoms in total. The molecule has 1 aromatic rings. The van der Waals surface area contributed by atoms with Gasteiger partial charge in [-0.3, -0.25) is 4.79 Å². The summed E-state index contributed by atoms with van der Waals surface area (Å²) in [4.78, 5) is 17.0. The monoisotopic (exact) mass is 212 g/mol. The number of rotatable bonds is 1. The summed E-state index contributed by atoms with van der Waals surface area (Å²) in [5.41, 5.74) is 0.618. The maximum atomic E-state index is 11.6. The minimum Gasteiger partial charge on any atom is -0.302 e. The van der Waals surface area contributed by atoms with Gasteiger partial charge in [-0.1, -0.05) is 20.8 Å². The van der Waals surface area contributed by atoms with Gasteiger partial charge in [0.05, 0.1) is 5.69 Å². The van der Waals surface area contributed by atoms with Crippen LogP contribution in [0, 0.1) is 19.3 Å². The number of nitrogens with one attached hydrogen (secondary N) is 1. The molecule has 4 heteroatoms. The lowest BCUT2D eigenvalue weighted by molar-refractivity contribution is -0.123. The third-order valence-electron chi connectivity index (χ3n) is 1.93. The van der Waals surface area contributed by atoms with E-state index in [4.69, 9.17) is 0 Å². The minimum atomic E-state index is -0.368. The van der Waals surface area contributed by atoms with Crippen molar-refractivity contribution in [3.8, 4) is 0 Å². The molecule has 0 aliphatic heterocycles. The molecule has 0 saturated heterocycles. The molecule has 1 N–H and O–H groups in total. The van der Waals surface area contributed by atoms with Crippen molar-refractivity contribution in [3.63, 3.8) is 0 Å². The van der Waals surface area contributed by atoms with Gasteiger partial charge in [0, 0.05) is 10.3 Å². The van der Waals surface area contributed by atoms with E-state index in [0.29, 0.717) is 5.13 Å². The number of hydrogen-bond donors (Lipinski definition) is 1. The van der Waals surface area contributed by atoms with E-state index in [2.05, 4.69) is 10.3 Å². The maximum Gasteiger partial charge on any atom is 0.231 e. The summed E-state index contributed by atoms with van der Waals surface area (Å²) in [5.74, 6) is 0.00579. The number of carbonyl (C=O) groups is 1. The van der Waals surface area contributed by atoms with Gasteiger partial charge in [-0.25, -0.2) is 4.98 Å². The summed E-state index contributed by atoms with van der Waals surface area (Å²) < 4.78 is 0. The van der Waals surface area contributed by atoms with Crippen LogP contribution in [0.25, 0.3) is 0 Å². The topological polar surface area (TPSA) is 42.0 Å². The van der Waals surface area contributed by atoms with Crippen molar-refractivity contribution in [2.75, 3.05) is 5.32 Å². The summed E-state index contributed by atoms with van der Waals surface area (Å²) in [6.07, 6.45) is 0. The first-order valence-corrected chi connectivity index (χ1v) is 5.38. The largest absolute Gasteiger partial charge is 0.302 e. The van der Waals surface area contributed by atoms with Crippen molar-refractivity contribution in [1.29, 1.82) is 0 Å². The summed E-state index contributed by atoms with van der Waals surface area (Å²) in [6, 6.07) is 0. The number of anilines is 1. The molecule has 0 saturated carbocycles. The highest BCUT2D eigenvalue weighted by Crippen LogP contribution is 2.23. The zero-order chi connectivity index (χ0) is 10.9. The lowest BCUT2D eigenvalue weighted by Gasteiger charge is -2.15. The smallest absolute Gasteiger partial charge is 0.231 e. The molecule has 0 bridgehead atoms. The molecule has 0 spiro atoms. The standard InChI is InChI=1S/C10H16N2OS/c1-6-7(2)14-9(11-6)12-8(13)10(3,4)5/h1-5H3,(H,11,12,13). The zero-order valence-electron chi connectivity index (χ0n) is 9.26. The van der Waals surface area contributed by atoms with E-state index in [1.165, 1.54) is 11.3 Å². The van der Waals surface area contributed by atoms with E-state index < -0.39 is 0 Å². The van der Waals surface area contributed by atoms with Crippen molar-refractivity contribution in [2.45, 2.75) is 34.6 Å². The molecule has 1 rings (SSSR count). The number of amides is 1. The van der Waals surface area contributed by atoms with E-state index in [0.717, 1.165) is 10.6 Å². The highest BCUT2D eigenvalue weighted by molar-refractivity contribution is 7.15.